The van der Waals surface area contributed by atoms with Crippen molar-refractivity contribution in [3.8, 4) is 0 Å². The van der Waals surface area contributed by atoms with Crippen LogP contribution in [0.5, 0.6) is 0 Å². The predicted molar refractivity (Wildman–Crippen MR) is 105 cm³/mol. The first-order chi connectivity index (χ1) is 12.9. The van der Waals surface area contributed by atoms with Crippen molar-refractivity contribution in [3.63, 3.8) is 0 Å². The Morgan fingerprint density at radius 1 is 1.19 bits per heavy atom. The maximum absolute atomic E-state index is 11.7. The van der Waals surface area contributed by atoms with E-state index >= 15 is 0 Å². The van der Waals surface area contributed by atoms with Crippen LogP contribution in [0.3, 0.4) is 0 Å². The van der Waals surface area contributed by atoms with E-state index in [9.17, 15) is 10.1 Å². The highest BCUT2D eigenvalue weighted by Crippen LogP contribution is 2.30. The number of nitrogens with zero attached hydrogens (tertiary/aromatic N) is 3. The van der Waals surface area contributed by atoms with Crippen molar-refractivity contribution in [2.24, 2.45) is 11.7 Å². The molecule has 2 aromatic rings. The third-order valence-electron chi connectivity index (χ3n) is 4.93. The van der Waals surface area contributed by atoms with Crippen molar-refractivity contribution in [1.29, 1.82) is 0 Å². The zero-order chi connectivity index (χ0) is 19.4. The van der Waals surface area contributed by atoms with Gasteiger partial charge in [-0.25, -0.2) is 4.98 Å². The van der Waals surface area contributed by atoms with E-state index in [1.54, 1.807) is 18.2 Å². The predicted octanol–water partition coefficient (Wildman–Crippen LogP) is 2.07. The van der Waals surface area contributed by atoms with Crippen molar-refractivity contribution in [3.05, 3.63) is 45.6 Å². The maximum Gasteiger partial charge on any atom is 0.333 e. The summed E-state index contributed by atoms with van der Waals surface area (Å²) in [5.41, 5.74) is 19.1. The molecule has 0 saturated heterocycles. The van der Waals surface area contributed by atoms with Crippen LogP contribution in [0.4, 0.5) is 23.1 Å². The van der Waals surface area contributed by atoms with Crippen molar-refractivity contribution in [2.75, 3.05) is 23.3 Å². The molecule has 9 nitrogen and oxygen atoms in total. The second-order valence-electron chi connectivity index (χ2n) is 7.07. The van der Waals surface area contributed by atoms with Crippen molar-refractivity contribution in [1.82, 2.24) is 9.97 Å². The lowest BCUT2D eigenvalue weighted by molar-refractivity contribution is -0.385. The summed E-state index contributed by atoms with van der Waals surface area (Å²) in [5, 5.41) is 14.8. The van der Waals surface area contributed by atoms with Gasteiger partial charge in [-0.1, -0.05) is 12.1 Å². The number of hydrogen-bond donors (Lipinski definition) is 4. The summed E-state index contributed by atoms with van der Waals surface area (Å²) in [4.78, 5) is 19.4. The summed E-state index contributed by atoms with van der Waals surface area (Å²) in [6.07, 6.45) is 4.19. The topological polar surface area (TPSA) is 159 Å². The van der Waals surface area contributed by atoms with Crippen LogP contribution in [0.2, 0.25) is 0 Å². The van der Waals surface area contributed by atoms with Crippen LogP contribution in [0.1, 0.15) is 36.9 Å². The molecule has 7 N–H and O–H groups in total. The zero-order valence-electron chi connectivity index (χ0n) is 15.1. The van der Waals surface area contributed by atoms with Crippen LogP contribution >= 0.6 is 0 Å². The van der Waals surface area contributed by atoms with Gasteiger partial charge in [-0.3, -0.25) is 10.1 Å². The molecular weight excluding hydrogens is 346 g/mol. The number of nitro groups is 1. The maximum atomic E-state index is 11.7. The Morgan fingerprint density at radius 3 is 2.59 bits per heavy atom. The first kappa shape index (κ1) is 18.8. The zero-order valence-corrected chi connectivity index (χ0v) is 15.1. The van der Waals surface area contributed by atoms with Crippen LogP contribution < -0.4 is 22.5 Å². The summed E-state index contributed by atoms with van der Waals surface area (Å²) >= 11 is 0. The molecule has 1 aromatic carbocycles. The molecule has 1 aliphatic rings. The van der Waals surface area contributed by atoms with Gasteiger partial charge in [-0.05, 0) is 49.3 Å². The standard InChI is InChI=1S/C18H25N7O2/c19-13-6-4-11(5-7-13)10-22-17-16(25(26)27)15(23-18(21)24-17)9-12-2-1-3-14(20)8-12/h1-3,8,11,13H,4-7,9-10,19-20H2,(H3,21,22,23,24)/t11-,13-. The number of anilines is 3. The lowest BCUT2D eigenvalue weighted by Crippen LogP contribution is -2.29. The highest BCUT2D eigenvalue weighted by Gasteiger charge is 2.26. The molecule has 0 atom stereocenters. The van der Waals surface area contributed by atoms with Crippen molar-refractivity contribution >= 4 is 23.1 Å². The summed E-state index contributed by atoms with van der Waals surface area (Å²) in [7, 11) is 0. The van der Waals surface area contributed by atoms with Crippen LogP contribution in [-0.2, 0) is 6.42 Å². The van der Waals surface area contributed by atoms with Gasteiger partial charge in [0.2, 0.25) is 11.8 Å². The lowest BCUT2D eigenvalue weighted by Gasteiger charge is -2.26. The number of nitrogen functional groups attached to an aromatic ring is 2. The Kier molecular flexibility index (Phi) is 5.70. The van der Waals surface area contributed by atoms with Gasteiger partial charge >= 0.3 is 5.69 Å². The van der Waals surface area contributed by atoms with Gasteiger partial charge in [0, 0.05) is 24.7 Å². The fraction of sp³-hybridized carbons (Fsp3) is 0.444. The van der Waals surface area contributed by atoms with Crippen LogP contribution in [0, 0.1) is 16.0 Å². The molecular formula is C18H25N7O2. The molecule has 27 heavy (non-hydrogen) atoms. The average molecular weight is 371 g/mol. The SMILES string of the molecule is Nc1cccc(Cc2nc(N)nc(NC[C@H]3CC[C@H](N)CC3)c2[N+](=O)[O-])c1. The van der Waals surface area contributed by atoms with Gasteiger partial charge in [0.1, 0.15) is 5.69 Å². The normalized spacial score (nSPS) is 19.6. The Labute approximate surface area is 157 Å². The number of aromatic nitrogens is 2. The number of nitrogens with one attached hydrogen (secondary N) is 1. The highest BCUT2D eigenvalue weighted by atomic mass is 16.6. The first-order valence-corrected chi connectivity index (χ1v) is 9.07. The molecule has 1 heterocycles. The Balaban J connectivity index is 1.82. The second-order valence-corrected chi connectivity index (χ2v) is 7.07. The van der Waals surface area contributed by atoms with Gasteiger partial charge in [-0.2, -0.15) is 4.98 Å². The number of hydrogen-bond acceptors (Lipinski definition) is 8. The van der Waals surface area contributed by atoms with Gasteiger partial charge in [0.15, 0.2) is 0 Å². The van der Waals surface area contributed by atoms with E-state index in [0.29, 0.717) is 18.2 Å². The molecule has 0 spiro atoms. The fourth-order valence-corrected chi connectivity index (χ4v) is 3.49. The van der Waals surface area contributed by atoms with E-state index in [1.807, 2.05) is 6.07 Å². The number of benzene rings is 1. The fourth-order valence-electron chi connectivity index (χ4n) is 3.49. The largest absolute Gasteiger partial charge is 0.399 e. The number of rotatable bonds is 6. The smallest absolute Gasteiger partial charge is 0.333 e. The molecule has 1 fully saturated rings. The minimum atomic E-state index is -0.458. The molecule has 9 heteroatoms. The monoisotopic (exact) mass is 371 g/mol. The highest BCUT2D eigenvalue weighted by molar-refractivity contribution is 5.61. The molecule has 0 bridgehead atoms. The molecule has 0 radical (unpaired) electrons. The Hall–Kier alpha value is -2.94. The van der Waals surface area contributed by atoms with E-state index in [1.165, 1.54) is 0 Å². The number of nitrogens with two attached hydrogens (primary N) is 3. The Bertz CT molecular complexity index is 819. The van der Waals surface area contributed by atoms with E-state index in [-0.39, 0.29) is 35.6 Å². The lowest BCUT2D eigenvalue weighted by atomic mass is 9.86. The summed E-state index contributed by atoms with van der Waals surface area (Å²) in [5.74, 6) is 0.590. The van der Waals surface area contributed by atoms with Crippen LogP contribution in [0.25, 0.3) is 0 Å². The van der Waals surface area contributed by atoms with Crippen molar-refractivity contribution < 1.29 is 4.92 Å². The minimum Gasteiger partial charge on any atom is -0.399 e. The molecule has 0 unspecified atom stereocenters. The quantitative estimate of drug-likeness (QED) is 0.341. The van der Waals surface area contributed by atoms with Gasteiger partial charge in [-0.15, -0.1) is 0 Å². The summed E-state index contributed by atoms with van der Waals surface area (Å²) < 4.78 is 0. The third kappa shape index (κ3) is 4.82. The van der Waals surface area contributed by atoms with E-state index < -0.39 is 4.92 Å². The summed E-state index contributed by atoms with van der Waals surface area (Å²) in [6, 6.07) is 7.43. The third-order valence-corrected chi connectivity index (χ3v) is 4.93. The Morgan fingerprint density at radius 2 is 1.93 bits per heavy atom. The first-order valence-electron chi connectivity index (χ1n) is 9.07. The van der Waals surface area contributed by atoms with Gasteiger partial charge in [0.05, 0.1) is 4.92 Å². The van der Waals surface area contributed by atoms with Crippen LogP contribution in [-0.4, -0.2) is 27.5 Å². The summed E-state index contributed by atoms with van der Waals surface area (Å²) in [6.45, 7) is 0.599. The molecule has 0 amide bonds. The minimum absolute atomic E-state index is 0.00710. The average Bonchev–Trinajstić information content (AvgIpc) is 2.60. The molecule has 0 aliphatic heterocycles. The molecule has 3 rings (SSSR count). The molecule has 1 saturated carbocycles. The van der Waals surface area contributed by atoms with E-state index in [2.05, 4.69) is 15.3 Å². The van der Waals surface area contributed by atoms with E-state index in [0.717, 1.165) is 31.2 Å². The van der Waals surface area contributed by atoms with Crippen molar-refractivity contribution in [2.45, 2.75) is 38.1 Å². The van der Waals surface area contributed by atoms with Gasteiger partial charge < -0.3 is 22.5 Å². The van der Waals surface area contributed by atoms with Crippen LogP contribution in [0.15, 0.2) is 24.3 Å². The van der Waals surface area contributed by atoms with Gasteiger partial charge in [0.25, 0.3) is 0 Å². The molecule has 144 valence electrons. The second kappa shape index (κ2) is 8.17. The molecule has 1 aliphatic carbocycles. The molecule has 1 aromatic heterocycles. The van der Waals surface area contributed by atoms with E-state index in [4.69, 9.17) is 17.2 Å².